The summed E-state index contributed by atoms with van der Waals surface area (Å²) in [7, 11) is 0. The minimum Gasteiger partial charge on any atom is -0.388 e. The summed E-state index contributed by atoms with van der Waals surface area (Å²) in [5.74, 6) is 0.542. The van der Waals surface area contributed by atoms with Crippen molar-refractivity contribution in [3.05, 3.63) is 106 Å². The largest absolute Gasteiger partial charge is 0.388 e. The second-order valence-electron chi connectivity index (χ2n) is 6.46. The number of aliphatic imine (C=N–C) groups is 1. The fourth-order valence-corrected chi connectivity index (χ4v) is 3.75. The van der Waals surface area contributed by atoms with Crippen LogP contribution in [0.25, 0.3) is 0 Å². The summed E-state index contributed by atoms with van der Waals surface area (Å²) in [6, 6.07) is 22.5. The molecule has 0 bridgehead atoms. The number of hydrogen-bond acceptors (Lipinski definition) is 2. The minimum absolute atomic E-state index is 0.542. The maximum Gasteiger partial charge on any atom is 0.133 e. The average Bonchev–Trinajstić information content (AvgIpc) is 3.21. The molecule has 0 amide bonds. The minimum atomic E-state index is -0.624. The van der Waals surface area contributed by atoms with E-state index in [0.717, 1.165) is 16.7 Å². The summed E-state index contributed by atoms with van der Waals surface area (Å²) in [4.78, 5) is 4.74. The molecule has 0 saturated carbocycles. The normalized spacial score (nSPS) is 11.4. The zero-order valence-electron chi connectivity index (χ0n) is 16.4. The summed E-state index contributed by atoms with van der Waals surface area (Å²) in [5, 5.41) is 4.29. The lowest BCUT2D eigenvalue weighted by molar-refractivity contribution is 0.640. The molecule has 0 saturated heterocycles. The van der Waals surface area contributed by atoms with Crippen LogP contribution < -0.4 is 5.73 Å². The molecule has 0 radical (unpaired) electrons. The van der Waals surface area contributed by atoms with Gasteiger partial charge in [-0.15, -0.1) is 0 Å². The van der Waals surface area contributed by atoms with E-state index in [1.54, 1.807) is 11.3 Å². The Hall–Kier alpha value is -2.65. The first-order chi connectivity index (χ1) is 13.0. The molecule has 2 nitrogen and oxygen atoms in total. The van der Waals surface area contributed by atoms with Crippen LogP contribution >= 0.6 is 11.3 Å². The molecule has 0 atom stereocenters. The third-order valence-electron chi connectivity index (χ3n) is 4.33. The Balaban J connectivity index is 0.000000313. The van der Waals surface area contributed by atoms with E-state index in [2.05, 4.69) is 54.6 Å². The summed E-state index contributed by atoms with van der Waals surface area (Å²) in [6.07, 6.45) is 1.17. The van der Waals surface area contributed by atoms with E-state index in [0.29, 0.717) is 5.84 Å². The SMILES string of the molecule is C=C(C)C(N=C(C)N)(c1ccccc1)c1ccccc1.CCc1ccsc1. The maximum atomic E-state index is 5.90. The monoisotopic (exact) mass is 376 g/mol. The van der Waals surface area contributed by atoms with Crippen LogP contribution in [0.15, 0.2) is 94.6 Å². The smallest absolute Gasteiger partial charge is 0.133 e. The molecule has 27 heavy (non-hydrogen) atoms. The van der Waals surface area contributed by atoms with Crippen LogP contribution in [0.5, 0.6) is 0 Å². The summed E-state index contributed by atoms with van der Waals surface area (Å²) in [5.41, 5.74) is 9.81. The molecule has 0 spiro atoms. The van der Waals surface area contributed by atoms with Gasteiger partial charge >= 0.3 is 0 Å². The summed E-state index contributed by atoms with van der Waals surface area (Å²) < 4.78 is 0. The molecule has 3 rings (SSSR count). The lowest BCUT2D eigenvalue weighted by Crippen LogP contribution is -2.29. The van der Waals surface area contributed by atoms with E-state index in [4.69, 9.17) is 10.7 Å². The van der Waals surface area contributed by atoms with E-state index in [1.165, 1.54) is 12.0 Å². The highest BCUT2D eigenvalue weighted by atomic mass is 32.1. The Morgan fingerprint density at radius 3 is 1.78 bits per heavy atom. The van der Waals surface area contributed by atoms with Gasteiger partial charge in [-0.25, -0.2) is 0 Å². The van der Waals surface area contributed by atoms with E-state index in [9.17, 15) is 0 Å². The fourth-order valence-electron chi connectivity index (χ4n) is 3.00. The van der Waals surface area contributed by atoms with Gasteiger partial charge in [0.25, 0.3) is 0 Å². The molecule has 0 fully saturated rings. The topological polar surface area (TPSA) is 38.4 Å². The molecule has 0 aliphatic carbocycles. The molecular formula is C24H28N2S. The second-order valence-corrected chi connectivity index (χ2v) is 7.24. The third-order valence-corrected chi connectivity index (χ3v) is 5.07. The van der Waals surface area contributed by atoms with Gasteiger partial charge in [-0.3, -0.25) is 4.99 Å². The van der Waals surface area contributed by atoms with Crippen molar-refractivity contribution in [3.8, 4) is 0 Å². The molecule has 0 aliphatic heterocycles. The van der Waals surface area contributed by atoms with Crippen molar-refractivity contribution in [1.29, 1.82) is 0 Å². The lowest BCUT2D eigenvalue weighted by Gasteiger charge is -2.32. The number of rotatable bonds is 5. The summed E-state index contributed by atoms with van der Waals surface area (Å²) >= 11 is 1.76. The summed E-state index contributed by atoms with van der Waals surface area (Å²) in [6.45, 7) is 10.1. The first-order valence-corrected chi connectivity index (χ1v) is 10.0. The Morgan fingerprint density at radius 2 is 1.48 bits per heavy atom. The van der Waals surface area contributed by atoms with Gasteiger partial charge < -0.3 is 5.73 Å². The second kappa shape index (κ2) is 9.89. The highest BCUT2D eigenvalue weighted by molar-refractivity contribution is 7.07. The van der Waals surface area contributed by atoms with E-state index >= 15 is 0 Å². The number of benzene rings is 2. The zero-order valence-corrected chi connectivity index (χ0v) is 17.2. The van der Waals surface area contributed by atoms with Gasteiger partial charge in [0.05, 0.1) is 5.84 Å². The Labute approximate surface area is 167 Å². The molecule has 0 aliphatic rings. The predicted molar refractivity (Wildman–Crippen MR) is 119 cm³/mol. The van der Waals surface area contributed by atoms with Gasteiger partial charge in [0, 0.05) is 0 Å². The fraction of sp³-hybridized carbons (Fsp3) is 0.208. The maximum absolute atomic E-state index is 5.90. The number of thiophene rings is 1. The van der Waals surface area contributed by atoms with Crippen molar-refractivity contribution in [3.63, 3.8) is 0 Å². The molecule has 0 unspecified atom stereocenters. The molecule has 2 aromatic carbocycles. The Bertz CT molecular complexity index is 806. The number of nitrogens with zero attached hydrogens (tertiary/aromatic N) is 1. The Morgan fingerprint density at radius 1 is 0.963 bits per heavy atom. The van der Waals surface area contributed by atoms with Crippen LogP contribution in [0.3, 0.4) is 0 Å². The van der Waals surface area contributed by atoms with E-state index in [1.807, 2.05) is 50.2 Å². The van der Waals surface area contributed by atoms with Crippen molar-refractivity contribution in [1.82, 2.24) is 0 Å². The standard InChI is InChI=1S/C18H20N2.C6H8S/c1-14(2)18(20-15(3)19,16-10-6-4-7-11-16)17-12-8-5-9-13-17;1-2-6-3-4-7-5-6/h4-13H,1H2,2-3H3,(H2,19,20);3-5H,2H2,1H3. The molecule has 3 aromatic rings. The van der Waals surface area contributed by atoms with Crippen LogP contribution in [-0.2, 0) is 12.0 Å². The molecule has 140 valence electrons. The highest BCUT2D eigenvalue weighted by Crippen LogP contribution is 2.39. The number of amidine groups is 1. The van der Waals surface area contributed by atoms with Gasteiger partial charge in [0.15, 0.2) is 0 Å². The zero-order chi connectivity index (χ0) is 19.7. The van der Waals surface area contributed by atoms with Gasteiger partial charge in [-0.05, 0) is 59.4 Å². The highest BCUT2D eigenvalue weighted by Gasteiger charge is 2.34. The van der Waals surface area contributed by atoms with Crippen molar-refractivity contribution in [2.24, 2.45) is 10.7 Å². The van der Waals surface area contributed by atoms with Crippen LogP contribution in [0.1, 0.15) is 37.5 Å². The van der Waals surface area contributed by atoms with Gasteiger partial charge in [0.1, 0.15) is 5.54 Å². The molecule has 1 aromatic heterocycles. The average molecular weight is 377 g/mol. The van der Waals surface area contributed by atoms with Gasteiger partial charge in [0.2, 0.25) is 0 Å². The van der Waals surface area contributed by atoms with Crippen LogP contribution in [0, 0.1) is 0 Å². The predicted octanol–water partition coefficient (Wildman–Crippen LogP) is 6.19. The number of aryl methyl sites for hydroxylation is 1. The van der Waals surface area contributed by atoms with E-state index < -0.39 is 5.54 Å². The van der Waals surface area contributed by atoms with Crippen LogP contribution in [0.4, 0.5) is 0 Å². The van der Waals surface area contributed by atoms with Crippen molar-refractivity contribution in [2.75, 3.05) is 0 Å². The Kier molecular flexibility index (Phi) is 7.56. The number of nitrogens with two attached hydrogens (primary N) is 1. The van der Waals surface area contributed by atoms with Crippen molar-refractivity contribution >= 4 is 17.2 Å². The van der Waals surface area contributed by atoms with Crippen molar-refractivity contribution in [2.45, 2.75) is 32.7 Å². The first-order valence-electron chi connectivity index (χ1n) is 9.10. The number of hydrogen-bond donors (Lipinski definition) is 1. The molecule has 3 heteroatoms. The molecule has 1 heterocycles. The lowest BCUT2D eigenvalue weighted by atomic mass is 9.78. The first kappa shape index (κ1) is 20.7. The van der Waals surface area contributed by atoms with Gasteiger partial charge in [-0.2, -0.15) is 11.3 Å². The van der Waals surface area contributed by atoms with Gasteiger partial charge in [-0.1, -0.05) is 74.2 Å². The molecule has 2 N–H and O–H groups in total. The van der Waals surface area contributed by atoms with Crippen molar-refractivity contribution < 1.29 is 0 Å². The van der Waals surface area contributed by atoms with Crippen LogP contribution in [-0.4, -0.2) is 5.84 Å². The van der Waals surface area contributed by atoms with Crippen LogP contribution in [0.2, 0.25) is 0 Å². The van der Waals surface area contributed by atoms with E-state index in [-0.39, 0.29) is 0 Å². The third kappa shape index (κ3) is 5.18. The molecular weight excluding hydrogens is 348 g/mol. The quantitative estimate of drug-likeness (QED) is 0.322.